The lowest BCUT2D eigenvalue weighted by atomic mass is 10.0. The molecule has 0 fully saturated rings. The molecule has 0 aliphatic rings. The number of sulfonamides is 1. The summed E-state index contributed by atoms with van der Waals surface area (Å²) in [6, 6.07) is 4.52. The molecule has 1 aromatic rings. The molecule has 1 unspecified atom stereocenters. The Morgan fingerprint density at radius 1 is 1.44 bits per heavy atom. The molecule has 0 saturated heterocycles. The van der Waals surface area contributed by atoms with Gasteiger partial charge in [0.2, 0.25) is 10.0 Å². The molecule has 0 bridgehead atoms. The van der Waals surface area contributed by atoms with Crippen LogP contribution in [0.2, 0.25) is 0 Å². The lowest BCUT2D eigenvalue weighted by Crippen LogP contribution is -2.32. The van der Waals surface area contributed by atoms with Gasteiger partial charge in [-0.15, -0.1) is 0 Å². The van der Waals surface area contributed by atoms with Gasteiger partial charge in [0.05, 0.1) is 17.0 Å². The van der Waals surface area contributed by atoms with Crippen LogP contribution in [0.15, 0.2) is 23.1 Å². The van der Waals surface area contributed by atoms with Crippen LogP contribution < -0.4 is 16.2 Å². The van der Waals surface area contributed by atoms with Crippen molar-refractivity contribution < 1.29 is 13.5 Å². The number of nitrogen functional groups attached to an aromatic ring is 1. The highest BCUT2D eigenvalue weighted by molar-refractivity contribution is 7.89. The average molecular weight is 273 g/mol. The van der Waals surface area contributed by atoms with Crippen LogP contribution in [0.3, 0.4) is 0 Å². The number of benzene rings is 1. The number of hydrogen-bond donors (Lipinski definition) is 4. The average Bonchev–Trinajstić information content (AvgIpc) is 2.26. The third-order valence-electron chi connectivity index (χ3n) is 2.79. The van der Waals surface area contributed by atoms with Gasteiger partial charge < -0.3 is 16.2 Å². The molecule has 0 amide bonds. The second kappa shape index (κ2) is 5.13. The molecule has 18 heavy (non-hydrogen) atoms. The zero-order chi connectivity index (χ0) is 14.0. The minimum atomic E-state index is -3.84. The van der Waals surface area contributed by atoms with Crippen molar-refractivity contribution in [3.05, 3.63) is 18.2 Å². The van der Waals surface area contributed by atoms with Gasteiger partial charge in [0.1, 0.15) is 4.90 Å². The molecule has 1 aromatic carbocycles. The molecule has 0 spiro atoms. The maximum absolute atomic E-state index is 11.3. The Morgan fingerprint density at radius 3 is 2.56 bits per heavy atom. The molecule has 1 rings (SSSR count). The van der Waals surface area contributed by atoms with Crippen molar-refractivity contribution in [1.29, 1.82) is 0 Å². The molecule has 102 valence electrons. The largest absolute Gasteiger partial charge is 0.396 e. The van der Waals surface area contributed by atoms with E-state index in [9.17, 15) is 13.5 Å². The molecule has 6 N–H and O–H groups in total. The quantitative estimate of drug-likeness (QED) is 0.582. The van der Waals surface area contributed by atoms with Crippen molar-refractivity contribution in [3.63, 3.8) is 0 Å². The number of anilines is 2. The first kappa shape index (κ1) is 14.7. The van der Waals surface area contributed by atoms with Crippen LogP contribution in [0.5, 0.6) is 0 Å². The van der Waals surface area contributed by atoms with Crippen molar-refractivity contribution in [3.8, 4) is 0 Å². The van der Waals surface area contributed by atoms with Crippen LogP contribution in [0.1, 0.15) is 20.3 Å². The minimum Gasteiger partial charge on any atom is -0.396 e. The number of nitrogens with two attached hydrogens (primary N) is 2. The van der Waals surface area contributed by atoms with E-state index < -0.39 is 15.6 Å². The van der Waals surface area contributed by atoms with Crippen LogP contribution in [-0.2, 0) is 10.0 Å². The van der Waals surface area contributed by atoms with E-state index in [0.717, 1.165) is 0 Å². The molecule has 6 nitrogen and oxygen atoms in total. The van der Waals surface area contributed by atoms with Gasteiger partial charge >= 0.3 is 0 Å². The fraction of sp³-hybridized carbons (Fsp3) is 0.455. The first-order chi connectivity index (χ1) is 8.17. The van der Waals surface area contributed by atoms with E-state index in [2.05, 4.69) is 5.32 Å². The Balaban J connectivity index is 2.99. The number of para-hydroxylation sites is 1. The second-order valence-electron chi connectivity index (χ2n) is 4.47. The number of hydrogen-bond acceptors (Lipinski definition) is 5. The number of primary sulfonamides is 1. The highest BCUT2D eigenvalue weighted by Crippen LogP contribution is 2.26. The maximum Gasteiger partial charge on any atom is 0.240 e. The summed E-state index contributed by atoms with van der Waals surface area (Å²) in [5.41, 5.74) is 5.35. The zero-order valence-corrected chi connectivity index (χ0v) is 11.3. The Labute approximate surface area is 107 Å². The highest BCUT2D eigenvalue weighted by Gasteiger charge is 2.19. The van der Waals surface area contributed by atoms with Crippen molar-refractivity contribution in [2.45, 2.75) is 30.8 Å². The highest BCUT2D eigenvalue weighted by atomic mass is 32.2. The van der Waals surface area contributed by atoms with Crippen LogP contribution in [0.25, 0.3) is 0 Å². The van der Waals surface area contributed by atoms with Crippen molar-refractivity contribution >= 4 is 21.4 Å². The summed E-state index contributed by atoms with van der Waals surface area (Å²) in [5.74, 6) is 0. The van der Waals surface area contributed by atoms with Gasteiger partial charge in [-0.3, -0.25) is 0 Å². The first-order valence-corrected chi connectivity index (χ1v) is 7.09. The number of nitrogens with one attached hydrogen (secondary N) is 1. The SMILES string of the molecule is CCC(C)(O)CNc1cccc(S(N)(=O)=O)c1N. The Morgan fingerprint density at radius 2 is 2.06 bits per heavy atom. The number of rotatable bonds is 5. The monoisotopic (exact) mass is 273 g/mol. The first-order valence-electron chi connectivity index (χ1n) is 5.55. The van der Waals surface area contributed by atoms with Gasteiger partial charge in [0.25, 0.3) is 0 Å². The minimum absolute atomic E-state index is 0.0619. The van der Waals surface area contributed by atoms with Gasteiger partial charge in [0, 0.05) is 6.54 Å². The van der Waals surface area contributed by atoms with E-state index in [1.54, 1.807) is 19.1 Å². The Kier molecular flexibility index (Phi) is 4.20. The summed E-state index contributed by atoms with van der Waals surface area (Å²) >= 11 is 0. The summed E-state index contributed by atoms with van der Waals surface area (Å²) in [6.45, 7) is 3.80. The second-order valence-corrected chi connectivity index (χ2v) is 6.00. The fourth-order valence-corrected chi connectivity index (χ4v) is 2.04. The topological polar surface area (TPSA) is 118 Å². The van der Waals surface area contributed by atoms with E-state index in [-0.39, 0.29) is 17.1 Å². The maximum atomic E-state index is 11.3. The summed E-state index contributed by atoms with van der Waals surface area (Å²) in [5, 5.41) is 17.8. The van der Waals surface area contributed by atoms with Crippen LogP contribution in [0, 0.1) is 0 Å². The molecular weight excluding hydrogens is 254 g/mol. The molecule has 1 atom stereocenters. The van der Waals surface area contributed by atoms with Gasteiger partial charge in [-0.05, 0) is 25.5 Å². The third kappa shape index (κ3) is 3.59. The third-order valence-corrected chi connectivity index (χ3v) is 3.76. The van der Waals surface area contributed by atoms with E-state index in [0.29, 0.717) is 12.1 Å². The Bertz CT molecular complexity index is 526. The van der Waals surface area contributed by atoms with Gasteiger partial charge in [-0.1, -0.05) is 13.0 Å². The predicted octanol–water partition coefficient (Wildman–Crippen LogP) is 0.489. The molecule has 0 aliphatic carbocycles. The summed E-state index contributed by atoms with van der Waals surface area (Å²) in [6.07, 6.45) is 0.564. The standard InChI is InChI=1S/C11H19N3O3S/c1-3-11(2,15)7-14-8-5-4-6-9(10(8)12)18(13,16)17/h4-6,14-15H,3,7,12H2,1-2H3,(H2,13,16,17). The van der Waals surface area contributed by atoms with Gasteiger partial charge in [0.15, 0.2) is 0 Å². The molecule has 0 aliphatic heterocycles. The fourth-order valence-electron chi connectivity index (χ4n) is 1.36. The van der Waals surface area contributed by atoms with Gasteiger partial charge in [-0.25, -0.2) is 13.6 Å². The summed E-state index contributed by atoms with van der Waals surface area (Å²) < 4.78 is 22.6. The molecular formula is C11H19N3O3S. The van der Waals surface area contributed by atoms with E-state index in [1.165, 1.54) is 6.07 Å². The van der Waals surface area contributed by atoms with Crippen molar-refractivity contribution in [2.75, 3.05) is 17.6 Å². The van der Waals surface area contributed by atoms with E-state index >= 15 is 0 Å². The predicted molar refractivity (Wildman–Crippen MR) is 71.6 cm³/mol. The van der Waals surface area contributed by atoms with E-state index in [1.807, 2.05) is 6.92 Å². The molecule has 0 radical (unpaired) electrons. The van der Waals surface area contributed by atoms with Crippen LogP contribution >= 0.6 is 0 Å². The van der Waals surface area contributed by atoms with E-state index in [4.69, 9.17) is 10.9 Å². The summed E-state index contributed by atoms with van der Waals surface area (Å²) in [7, 11) is -3.84. The van der Waals surface area contributed by atoms with Gasteiger partial charge in [-0.2, -0.15) is 0 Å². The normalized spacial score (nSPS) is 15.1. The summed E-state index contributed by atoms with van der Waals surface area (Å²) in [4.78, 5) is -0.122. The van der Waals surface area contributed by atoms with Crippen molar-refractivity contribution in [1.82, 2.24) is 0 Å². The zero-order valence-electron chi connectivity index (χ0n) is 10.5. The number of aliphatic hydroxyl groups is 1. The Hall–Kier alpha value is -1.31. The van der Waals surface area contributed by atoms with Crippen LogP contribution in [-0.4, -0.2) is 25.7 Å². The smallest absolute Gasteiger partial charge is 0.240 e. The lowest BCUT2D eigenvalue weighted by molar-refractivity contribution is 0.0697. The van der Waals surface area contributed by atoms with Crippen LogP contribution in [0.4, 0.5) is 11.4 Å². The molecule has 7 heteroatoms. The molecule has 0 heterocycles. The van der Waals surface area contributed by atoms with Crippen molar-refractivity contribution in [2.24, 2.45) is 5.14 Å². The molecule has 0 saturated carbocycles. The lowest BCUT2D eigenvalue weighted by Gasteiger charge is -2.23. The molecule has 0 aromatic heterocycles.